The fourth-order valence-electron chi connectivity index (χ4n) is 3.06. The molecular formula is C21H23F2NO3S. The van der Waals surface area contributed by atoms with E-state index in [0.717, 1.165) is 17.9 Å². The quantitative estimate of drug-likeness (QED) is 0.709. The average molecular weight is 407 g/mol. The van der Waals surface area contributed by atoms with Gasteiger partial charge in [-0.1, -0.05) is 0 Å². The van der Waals surface area contributed by atoms with Crippen LogP contribution in [0.15, 0.2) is 42.5 Å². The van der Waals surface area contributed by atoms with Gasteiger partial charge in [-0.15, -0.1) is 0 Å². The molecule has 1 atom stereocenters. The summed E-state index contributed by atoms with van der Waals surface area (Å²) in [6.07, 6.45) is 0.569. The topological polar surface area (TPSA) is 38.8 Å². The SMILES string of the molecule is CCOc1ccc(OCC(=O)N2CCSC(c3cc(F)ccc3F)CC2)cc1. The van der Waals surface area contributed by atoms with Gasteiger partial charge in [0.1, 0.15) is 23.1 Å². The molecule has 1 unspecified atom stereocenters. The highest BCUT2D eigenvalue weighted by Gasteiger charge is 2.24. The molecule has 0 N–H and O–H groups in total. The zero-order valence-corrected chi connectivity index (χ0v) is 16.5. The standard InChI is InChI=1S/C21H23F2NO3S/c1-2-26-16-4-6-17(7-5-16)27-14-21(25)24-10-9-20(28-12-11-24)18-13-15(22)3-8-19(18)23/h3-8,13,20H,2,9-12,14H2,1H3. The minimum atomic E-state index is -0.446. The minimum absolute atomic E-state index is 0.0579. The van der Waals surface area contributed by atoms with E-state index in [4.69, 9.17) is 9.47 Å². The first kappa shape index (κ1) is 20.5. The van der Waals surface area contributed by atoms with Crippen LogP contribution in [0.1, 0.15) is 24.2 Å². The number of hydrogen-bond donors (Lipinski definition) is 0. The van der Waals surface area contributed by atoms with Gasteiger partial charge in [-0.2, -0.15) is 11.8 Å². The molecular weight excluding hydrogens is 384 g/mol. The number of benzene rings is 2. The summed E-state index contributed by atoms with van der Waals surface area (Å²) in [5.74, 6) is 1.04. The number of carbonyl (C=O) groups excluding carboxylic acids is 1. The summed E-state index contributed by atoms with van der Waals surface area (Å²) in [6.45, 7) is 3.49. The number of carbonyl (C=O) groups is 1. The summed E-state index contributed by atoms with van der Waals surface area (Å²) >= 11 is 1.55. The fraction of sp³-hybridized carbons (Fsp3) is 0.381. The molecule has 1 fully saturated rings. The number of hydrogen-bond acceptors (Lipinski definition) is 4. The van der Waals surface area contributed by atoms with E-state index in [2.05, 4.69) is 0 Å². The lowest BCUT2D eigenvalue weighted by molar-refractivity contribution is -0.133. The summed E-state index contributed by atoms with van der Waals surface area (Å²) in [5.41, 5.74) is 0.366. The molecule has 3 rings (SSSR count). The molecule has 1 amide bonds. The Morgan fingerprint density at radius 2 is 1.82 bits per heavy atom. The van der Waals surface area contributed by atoms with Gasteiger partial charge in [0, 0.05) is 29.7 Å². The van der Waals surface area contributed by atoms with Crippen molar-refractivity contribution in [3.63, 3.8) is 0 Å². The number of amides is 1. The monoisotopic (exact) mass is 407 g/mol. The molecule has 2 aromatic rings. The molecule has 0 aliphatic carbocycles. The molecule has 0 bridgehead atoms. The van der Waals surface area contributed by atoms with Crippen molar-refractivity contribution in [3.05, 3.63) is 59.7 Å². The molecule has 2 aromatic carbocycles. The van der Waals surface area contributed by atoms with E-state index in [-0.39, 0.29) is 17.8 Å². The van der Waals surface area contributed by atoms with Crippen LogP contribution in [0.2, 0.25) is 0 Å². The third-order valence-corrected chi connectivity index (χ3v) is 5.81. The van der Waals surface area contributed by atoms with E-state index in [1.807, 2.05) is 6.92 Å². The maximum absolute atomic E-state index is 14.0. The molecule has 1 aliphatic rings. The molecule has 0 aromatic heterocycles. The highest BCUT2D eigenvalue weighted by Crippen LogP contribution is 2.36. The van der Waals surface area contributed by atoms with Gasteiger partial charge >= 0.3 is 0 Å². The van der Waals surface area contributed by atoms with E-state index in [1.165, 1.54) is 6.07 Å². The summed E-state index contributed by atoms with van der Waals surface area (Å²) in [5, 5.41) is -0.166. The first-order valence-corrected chi connectivity index (χ1v) is 10.3. The van der Waals surface area contributed by atoms with E-state index in [1.54, 1.807) is 40.9 Å². The molecule has 4 nitrogen and oxygen atoms in total. The van der Waals surface area contributed by atoms with Crippen molar-refractivity contribution in [1.29, 1.82) is 0 Å². The number of halogens is 2. The van der Waals surface area contributed by atoms with Crippen LogP contribution < -0.4 is 9.47 Å². The van der Waals surface area contributed by atoms with Crippen LogP contribution in [0.25, 0.3) is 0 Å². The molecule has 1 aliphatic heterocycles. The highest BCUT2D eigenvalue weighted by molar-refractivity contribution is 7.99. The van der Waals surface area contributed by atoms with Crippen LogP contribution >= 0.6 is 11.8 Å². The van der Waals surface area contributed by atoms with Gasteiger partial charge in [-0.05, 0) is 55.8 Å². The maximum atomic E-state index is 14.0. The zero-order chi connectivity index (χ0) is 19.9. The van der Waals surface area contributed by atoms with Crippen molar-refractivity contribution in [3.8, 4) is 11.5 Å². The minimum Gasteiger partial charge on any atom is -0.494 e. The smallest absolute Gasteiger partial charge is 0.260 e. The van der Waals surface area contributed by atoms with Crippen LogP contribution in [-0.2, 0) is 4.79 Å². The van der Waals surface area contributed by atoms with Crippen molar-refractivity contribution in [1.82, 2.24) is 4.90 Å². The largest absolute Gasteiger partial charge is 0.494 e. The van der Waals surface area contributed by atoms with Crippen LogP contribution in [0.3, 0.4) is 0 Å². The van der Waals surface area contributed by atoms with Crippen molar-refractivity contribution >= 4 is 17.7 Å². The number of nitrogens with zero attached hydrogens (tertiary/aromatic N) is 1. The summed E-state index contributed by atoms with van der Waals surface area (Å²) in [7, 11) is 0. The number of ether oxygens (including phenoxy) is 2. The Labute approximate surface area is 167 Å². The van der Waals surface area contributed by atoms with Crippen molar-refractivity contribution < 1.29 is 23.0 Å². The Kier molecular flexibility index (Phi) is 7.14. The van der Waals surface area contributed by atoms with Gasteiger partial charge < -0.3 is 14.4 Å². The first-order chi connectivity index (χ1) is 13.6. The van der Waals surface area contributed by atoms with Gasteiger partial charge in [0.25, 0.3) is 5.91 Å². The van der Waals surface area contributed by atoms with Crippen molar-refractivity contribution in [2.45, 2.75) is 18.6 Å². The molecule has 0 spiro atoms. The predicted molar refractivity (Wildman–Crippen MR) is 106 cm³/mol. The Hall–Kier alpha value is -2.28. The lowest BCUT2D eigenvalue weighted by atomic mass is 10.1. The maximum Gasteiger partial charge on any atom is 0.260 e. The normalized spacial score (nSPS) is 17.1. The number of thioether (sulfide) groups is 1. The lowest BCUT2D eigenvalue weighted by Gasteiger charge is -2.20. The molecule has 7 heteroatoms. The second-order valence-corrected chi connectivity index (χ2v) is 7.70. The van der Waals surface area contributed by atoms with E-state index < -0.39 is 11.6 Å². The predicted octanol–water partition coefficient (Wildman–Crippen LogP) is 4.45. The van der Waals surface area contributed by atoms with Crippen molar-refractivity contribution in [2.75, 3.05) is 32.1 Å². The molecule has 1 heterocycles. The van der Waals surface area contributed by atoms with Crippen LogP contribution in [0.5, 0.6) is 11.5 Å². The third-order valence-electron chi connectivity index (χ3n) is 4.50. The first-order valence-electron chi connectivity index (χ1n) is 9.27. The van der Waals surface area contributed by atoms with Crippen LogP contribution in [0.4, 0.5) is 8.78 Å². The van der Waals surface area contributed by atoms with Gasteiger partial charge in [0.2, 0.25) is 0 Å². The summed E-state index contributed by atoms with van der Waals surface area (Å²) < 4.78 is 38.5. The van der Waals surface area contributed by atoms with Gasteiger partial charge in [-0.3, -0.25) is 4.79 Å². The van der Waals surface area contributed by atoms with Gasteiger partial charge in [0.15, 0.2) is 6.61 Å². The molecule has 0 saturated carbocycles. The molecule has 0 radical (unpaired) electrons. The van der Waals surface area contributed by atoms with Crippen LogP contribution in [0, 0.1) is 11.6 Å². The lowest BCUT2D eigenvalue weighted by Crippen LogP contribution is -2.36. The zero-order valence-electron chi connectivity index (χ0n) is 15.7. The molecule has 150 valence electrons. The summed E-state index contributed by atoms with van der Waals surface area (Å²) in [6, 6.07) is 10.6. The molecule has 1 saturated heterocycles. The summed E-state index contributed by atoms with van der Waals surface area (Å²) in [4.78, 5) is 14.2. The van der Waals surface area contributed by atoms with E-state index >= 15 is 0 Å². The average Bonchev–Trinajstić information content (AvgIpc) is 2.95. The Bertz CT molecular complexity index is 801. The van der Waals surface area contributed by atoms with E-state index in [0.29, 0.717) is 43.2 Å². The second kappa shape index (κ2) is 9.78. The van der Waals surface area contributed by atoms with Crippen LogP contribution in [-0.4, -0.2) is 42.9 Å². The van der Waals surface area contributed by atoms with Crippen molar-refractivity contribution in [2.24, 2.45) is 0 Å². The van der Waals surface area contributed by atoms with E-state index in [9.17, 15) is 13.6 Å². The third kappa shape index (κ3) is 5.38. The fourth-order valence-corrected chi connectivity index (χ4v) is 4.31. The Morgan fingerprint density at radius 1 is 1.11 bits per heavy atom. The van der Waals surface area contributed by atoms with Gasteiger partial charge in [-0.25, -0.2) is 8.78 Å². The number of rotatable bonds is 6. The highest BCUT2D eigenvalue weighted by atomic mass is 32.2. The van der Waals surface area contributed by atoms with Gasteiger partial charge in [0.05, 0.1) is 6.61 Å². The Morgan fingerprint density at radius 3 is 2.54 bits per heavy atom. The molecule has 28 heavy (non-hydrogen) atoms. The second-order valence-electron chi connectivity index (χ2n) is 6.39. The Balaban J connectivity index is 1.53.